The van der Waals surface area contributed by atoms with Gasteiger partial charge in [0.2, 0.25) is 5.88 Å². The second-order valence-electron chi connectivity index (χ2n) is 6.42. The Morgan fingerprint density at radius 3 is 2.43 bits per heavy atom. The van der Waals surface area contributed by atoms with Crippen LogP contribution in [0.15, 0.2) is 35.6 Å². The van der Waals surface area contributed by atoms with Crippen molar-refractivity contribution in [3.63, 3.8) is 0 Å². The highest BCUT2D eigenvalue weighted by Gasteiger charge is 2.25. The number of hydrogen-bond acceptors (Lipinski definition) is 8. The first-order chi connectivity index (χ1) is 13.5. The van der Waals surface area contributed by atoms with E-state index in [0.717, 1.165) is 25.0 Å². The predicted octanol–water partition coefficient (Wildman–Crippen LogP) is 1.45. The van der Waals surface area contributed by atoms with E-state index in [-0.39, 0.29) is 10.9 Å². The monoisotopic (exact) mass is 403 g/mol. The van der Waals surface area contributed by atoms with Crippen molar-refractivity contribution in [3.05, 3.63) is 30.6 Å². The molecule has 2 aromatic heterocycles. The van der Waals surface area contributed by atoms with Crippen molar-refractivity contribution in [2.75, 3.05) is 44.1 Å². The third-order valence-corrected chi connectivity index (χ3v) is 5.49. The number of rotatable bonds is 5. The van der Waals surface area contributed by atoms with E-state index in [4.69, 9.17) is 9.47 Å². The Bertz CT molecular complexity index is 1090. The van der Waals surface area contributed by atoms with Gasteiger partial charge in [-0.05, 0) is 31.2 Å². The van der Waals surface area contributed by atoms with Crippen LogP contribution in [0.25, 0.3) is 16.7 Å². The molecule has 0 aliphatic carbocycles. The minimum Gasteiger partial charge on any atom is -0.477 e. The van der Waals surface area contributed by atoms with Gasteiger partial charge in [-0.15, -0.1) is 0 Å². The fraction of sp³-hybridized carbons (Fsp3) is 0.389. The van der Waals surface area contributed by atoms with E-state index in [1.165, 1.54) is 11.0 Å². The smallest absolute Gasteiger partial charge is 0.229 e. The van der Waals surface area contributed by atoms with Crippen LogP contribution in [0.5, 0.6) is 5.88 Å². The summed E-state index contributed by atoms with van der Waals surface area (Å²) in [5.41, 5.74) is 2.17. The highest BCUT2D eigenvalue weighted by molar-refractivity contribution is 7.90. The first-order valence-electron chi connectivity index (χ1n) is 8.98. The molecule has 1 aromatic carbocycles. The maximum absolute atomic E-state index is 12.3. The average molecular weight is 403 g/mol. The molecule has 0 saturated carbocycles. The fourth-order valence-electron chi connectivity index (χ4n) is 3.21. The van der Waals surface area contributed by atoms with Crippen LogP contribution in [0.4, 0.5) is 5.69 Å². The maximum atomic E-state index is 12.3. The number of ether oxygens (including phenoxy) is 2. The van der Waals surface area contributed by atoms with Gasteiger partial charge in [-0.2, -0.15) is 5.10 Å². The van der Waals surface area contributed by atoms with Crippen LogP contribution in [-0.2, 0) is 14.6 Å². The zero-order valence-corrected chi connectivity index (χ0v) is 16.5. The first-order valence-corrected chi connectivity index (χ1v) is 10.9. The molecule has 9 nitrogen and oxygen atoms in total. The molecule has 28 heavy (non-hydrogen) atoms. The third kappa shape index (κ3) is 3.40. The summed E-state index contributed by atoms with van der Waals surface area (Å²) in [6.45, 7) is 5.26. The number of nitrogens with zero attached hydrogens (tertiary/aromatic N) is 5. The lowest BCUT2D eigenvalue weighted by molar-refractivity contribution is 0.122. The van der Waals surface area contributed by atoms with Crippen molar-refractivity contribution in [2.45, 2.75) is 11.9 Å². The van der Waals surface area contributed by atoms with Gasteiger partial charge in [-0.25, -0.2) is 23.1 Å². The molecular formula is C18H21N5O4S. The largest absolute Gasteiger partial charge is 0.477 e. The zero-order chi connectivity index (χ0) is 19.7. The van der Waals surface area contributed by atoms with Crippen LogP contribution in [0.2, 0.25) is 0 Å². The van der Waals surface area contributed by atoms with Crippen molar-refractivity contribution >= 4 is 26.6 Å². The quantitative estimate of drug-likeness (QED) is 0.631. The van der Waals surface area contributed by atoms with E-state index in [9.17, 15) is 8.42 Å². The molecule has 0 amide bonds. The molecule has 148 valence electrons. The van der Waals surface area contributed by atoms with Gasteiger partial charge in [0.1, 0.15) is 11.7 Å². The Morgan fingerprint density at radius 2 is 1.79 bits per heavy atom. The van der Waals surface area contributed by atoms with Crippen LogP contribution >= 0.6 is 0 Å². The van der Waals surface area contributed by atoms with E-state index in [1.54, 1.807) is 0 Å². The highest BCUT2D eigenvalue weighted by Crippen LogP contribution is 2.30. The van der Waals surface area contributed by atoms with Gasteiger partial charge in [0.15, 0.2) is 20.5 Å². The van der Waals surface area contributed by atoms with Gasteiger partial charge < -0.3 is 14.4 Å². The number of hydrogen-bond donors (Lipinski definition) is 0. The number of morpholine rings is 1. The summed E-state index contributed by atoms with van der Waals surface area (Å²) >= 11 is 0. The van der Waals surface area contributed by atoms with Crippen LogP contribution in [0.3, 0.4) is 0 Å². The molecule has 1 fully saturated rings. The summed E-state index contributed by atoms with van der Waals surface area (Å²) < 4.78 is 37.0. The summed E-state index contributed by atoms with van der Waals surface area (Å²) in [6, 6.07) is 7.76. The molecule has 0 bridgehead atoms. The zero-order valence-electron chi connectivity index (χ0n) is 15.7. The van der Waals surface area contributed by atoms with Gasteiger partial charge in [0, 0.05) is 25.0 Å². The van der Waals surface area contributed by atoms with E-state index in [0.29, 0.717) is 36.5 Å². The van der Waals surface area contributed by atoms with Crippen molar-refractivity contribution in [2.24, 2.45) is 0 Å². The maximum Gasteiger partial charge on any atom is 0.229 e. The van der Waals surface area contributed by atoms with Crippen molar-refractivity contribution in [3.8, 4) is 11.6 Å². The van der Waals surface area contributed by atoms with Crippen LogP contribution in [0, 0.1) is 0 Å². The lowest BCUT2D eigenvalue weighted by Gasteiger charge is -2.28. The summed E-state index contributed by atoms with van der Waals surface area (Å²) in [5.74, 6) is 0.212. The van der Waals surface area contributed by atoms with E-state index < -0.39 is 9.84 Å². The summed E-state index contributed by atoms with van der Waals surface area (Å²) in [6.07, 6.45) is 2.46. The minimum absolute atomic E-state index is 0.0937. The van der Waals surface area contributed by atoms with E-state index >= 15 is 0 Å². The molecule has 0 N–H and O–H groups in total. The lowest BCUT2D eigenvalue weighted by atomic mass is 10.2. The van der Waals surface area contributed by atoms with Crippen LogP contribution in [0.1, 0.15) is 6.92 Å². The predicted molar refractivity (Wildman–Crippen MR) is 104 cm³/mol. The van der Waals surface area contributed by atoms with Gasteiger partial charge >= 0.3 is 0 Å². The molecule has 4 rings (SSSR count). The van der Waals surface area contributed by atoms with Crippen molar-refractivity contribution in [1.82, 2.24) is 19.7 Å². The molecular weight excluding hydrogens is 382 g/mol. The Labute approximate surface area is 162 Å². The number of anilines is 1. The molecule has 1 aliphatic heterocycles. The lowest BCUT2D eigenvalue weighted by Crippen LogP contribution is -2.36. The van der Waals surface area contributed by atoms with Gasteiger partial charge in [0.25, 0.3) is 0 Å². The summed E-state index contributed by atoms with van der Waals surface area (Å²) in [7, 11) is -3.60. The topological polar surface area (TPSA) is 99.4 Å². The first kappa shape index (κ1) is 18.6. The number of benzene rings is 1. The molecule has 1 aliphatic rings. The minimum atomic E-state index is -3.60. The Kier molecular flexibility index (Phi) is 4.90. The average Bonchev–Trinajstić information content (AvgIpc) is 3.10. The summed E-state index contributed by atoms with van der Waals surface area (Å²) in [5, 5.41) is 4.53. The van der Waals surface area contributed by atoms with Crippen molar-refractivity contribution in [1.29, 1.82) is 0 Å². The SMILES string of the molecule is CCOc1ncnc2c1c(S(C)(=O)=O)nn2-c1ccc(N2CCOCC2)cc1. The van der Waals surface area contributed by atoms with E-state index in [2.05, 4.69) is 20.0 Å². The van der Waals surface area contributed by atoms with Gasteiger partial charge in [-0.3, -0.25) is 0 Å². The third-order valence-electron chi connectivity index (χ3n) is 4.50. The van der Waals surface area contributed by atoms with Crippen LogP contribution in [-0.4, -0.2) is 67.3 Å². The molecule has 10 heteroatoms. The Hall–Kier alpha value is -2.72. The molecule has 1 saturated heterocycles. The normalized spacial score (nSPS) is 15.1. The number of aromatic nitrogens is 4. The number of sulfone groups is 1. The molecule has 0 spiro atoms. The van der Waals surface area contributed by atoms with E-state index in [1.807, 2.05) is 31.2 Å². The fourth-order valence-corrected chi connectivity index (χ4v) is 3.99. The molecule has 3 heterocycles. The molecule has 0 radical (unpaired) electrons. The molecule has 0 unspecified atom stereocenters. The second-order valence-corrected chi connectivity index (χ2v) is 8.35. The summed E-state index contributed by atoms with van der Waals surface area (Å²) in [4.78, 5) is 10.6. The standard InChI is InChI=1S/C18H21N5O4S/c1-3-27-17-15-16(19-12-20-17)23(21-18(15)28(2,24)25)14-6-4-13(5-7-14)22-8-10-26-11-9-22/h4-7,12H,3,8-11H2,1-2H3. The van der Waals surface area contributed by atoms with Crippen molar-refractivity contribution < 1.29 is 17.9 Å². The van der Waals surface area contributed by atoms with Gasteiger partial charge in [-0.1, -0.05) is 0 Å². The van der Waals surface area contributed by atoms with Crippen LogP contribution < -0.4 is 9.64 Å². The number of fused-ring (bicyclic) bond motifs is 1. The van der Waals surface area contributed by atoms with Gasteiger partial charge in [0.05, 0.1) is 25.5 Å². The Balaban J connectivity index is 1.81. The molecule has 0 atom stereocenters. The highest BCUT2D eigenvalue weighted by atomic mass is 32.2. The Morgan fingerprint density at radius 1 is 1.11 bits per heavy atom. The second kappa shape index (κ2) is 7.36. The molecule has 3 aromatic rings.